The highest BCUT2D eigenvalue weighted by atomic mass is 16.4. The number of carboxylic acids is 1. The third-order valence-corrected chi connectivity index (χ3v) is 3.08. The number of hydrogen-bond acceptors (Lipinski definition) is 3. The van der Waals surface area contributed by atoms with Crippen LogP contribution in [0.5, 0.6) is 0 Å². The first-order valence-corrected chi connectivity index (χ1v) is 6.22. The third-order valence-electron chi connectivity index (χ3n) is 3.08. The van der Waals surface area contributed by atoms with Gasteiger partial charge in [0.25, 0.3) is 0 Å². The van der Waals surface area contributed by atoms with Crippen LogP contribution < -0.4 is 5.69 Å². The van der Waals surface area contributed by atoms with Crippen molar-refractivity contribution in [1.29, 1.82) is 0 Å². The van der Waals surface area contributed by atoms with Crippen LogP contribution in [0.3, 0.4) is 0 Å². The van der Waals surface area contributed by atoms with Crippen LogP contribution in [0, 0.1) is 0 Å². The number of aliphatic carboxylic acids is 1. The summed E-state index contributed by atoms with van der Waals surface area (Å²) in [4.78, 5) is 22.8. The highest BCUT2D eigenvalue weighted by Gasteiger charge is 2.16. The molecule has 20 heavy (non-hydrogen) atoms. The van der Waals surface area contributed by atoms with Crippen molar-refractivity contribution in [2.24, 2.45) is 0 Å². The molecule has 0 saturated carbocycles. The van der Waals surface area contributed by atoms with Gasteiger partial charge in [0.05, 0.1) is 5.69 Å². The fourth-order valence-electron chi connectivity index (χ4n) is 1.94. The Hall–Kier alpha value is -2.34. The molecule has 6 nitrogen and oxygen atoms in total. The summed E-state index contributed by atoms with van der Waals surface area (Å²) < 4.78 is 3.07. The van der Waals surface area contributed by atoms with Gasteiger partial charge in [-0.3, -0.25) is 9.13 Å². The summed E-state index contributed by atoms with van der Waals surface area (Å²) in [6, 6.07) is 6.26. The molecule has 0 aliphatic carbocycles. The van der Waals surface area contributed by atoms with Gasteiger partial charge >= 0.3 is 11.7 Å². The Morgan fingerprint density at radius 1 is 1.15 bits per heavy atom. The van der Waals surface area contributed by atoms with Gasteiger partial charge in [-0.2, -0.15) is 0 Å². The van der Waals surface area contributed by atoms with Crippen LogP contribution in [0.2, 0.25) is 0 Å². The molecule has 0 bridgehead atoms. The van der Waals surface area contributed by atoms with E-state index in [0.717, 1.165) is 0 Å². The minimum Gasteiger partial charge on any atom is -0.479 e. The molecule has 0 aliphatic heterocycles. The van der Waals surface area contributed by atoms with Gasteiger partial charge in [-0.25, -0.2) is 9.59 Å². The van der Waals surface area contributed by atoms with Crippen LogP contribution in [0.25, 0.3) is 5.69 Å². The lowest BCUT2D eigenvalue weighted by Gasteiger charge is -2.08. The van der Waals surface area contributed by atoms with Crippen molar-refractivity contribution in [1.82, 2.24) is 9.13 Å². The summed E-state index contributed by atoms with van der Waals surface area (Å²) in [5, 5.41) is 18.1. The molecule has 1 aromatic heterocycles. The lowest BCUT2D eigenvalue weighted by atomic mass is 10.1. The number of nitrogens with zero attached hydrogens (tertiary/aromatic N) is 2. The van der Waals surface area contributed by atoms with Gasteiger partial charge in [0.2, 0.25) is 0 Å². The average molecular weight is 276 g/mol. The van der Waals surface area contributed by atoms with E-state index in [1.807, 2.05) is 13.8 Å². The van der Waals surface area contributed by atoms with E-state index in [1.54, 1.807) is 29.1 Å². The highest BCUT2D eigenvalue weighted by Crippen LogP contribution is 2.15. The molecule has 0 fully saturated rings. The molecule has 0 amide bonds. The van der Waals surface area contributed by atoms with E-state index in [9.17, 15) is 14.7 Å². The summed E-state index contributed by atoms with van der Waals surface area (Å²) >= 11 is 0. The normalized spacial score (nSPS) is 12.6. The number of carbonyl (C=O) groups is 1. The predicted octanol–water partition coefficient (Wildman–Crippen LogP) is 1.34. The minimum absolute atomic E-state index is 0.0665. The number of carboxylic acid groups (broad SMARTS) is 1. The number of imidazole rings is 1. The van der Waals surface area contributed by atoms with Crippen LogP contribution >= 0.6 is 0 Å². The van der Waals surface area contributed by atoms with E-state index in [0.29, 0.717) is 5.69 Å². The largest absolute Gasteiger partial charge is 0.479 e. The fraction of sp³-hybridized carbons (Fsp3) is 0.286. The van der Waals surface area contributed by atoms with E-state index in [4.69, 9.17) is 5.11 Å². The molecular weight excluding hydrogens is 260 g/mol. The predicted molar refractivity (Wildman–Crippen MR) is 73.0 cm³/mol. The lowest BCUT2D eigenvalue weighted by Crippen LogP contribution is -2.24. The van der Waals surface area contributed by atoms with Crippen molar-refractivity contribution in [2.75, 3.05) is 0 Å². The Morgan fingerprint density at radius 3 is 2.20 bits per heavy atom. The Balaban J connectivity index is 2.36. The number of benzene rings is 1. The van der Waals surface area contributed by atoms with E-state index >= 15 is 0 Å². The van der Waals surface area contributed by atoms with Gasteiger partial charge in [-0.15, -0.1) is 0 Å². The summed E-state index contributed by atoms with van der Waals surface area (Å²) in [5.41, 5.74) is 0.736. The smallest absolute Gasteiger partial charge is 0.337 e. The molecule has 6 heteroatoms. The number of aromatic nitrogens is 2. The van der Waals surface area contributed by atoms with Gasteiger partial charge in [-0.05, 0) is 31.5 Å². The van der Waals surface area contributed by atoms with Gasteiger partial charge in [0.15, 0.2) is 6.10 Å². The standard InChI is InChI=1S/C14H16N2O4/c1-9(2)15-7-8-16(14(15)20)11-5-3-10(4-6-11)12(17)13(18)19/h3-9,12,17H,1-2H3,(H,18,19). The lowest BCUT2D eigenvalue weighted by molar-refractivity contribution is -0.146. The average Bonchev–Trinajstić information content (AvgIpc) is 2.80. The first-order chi connectivity index (χ1) is 9.41. The molecule has 2 N–H and O–H groups in total. The highest BCUT2D eigenvalue weighted by molar-refractivity contribution is 5.74. The molecule has 0 radical (unpaired) electrons. The number of aliphatic hydroxyl groups excluding tert-OH is 1. The second-order valence-corrected chi connectivity index (χ2v) is 4.78. The minimum atomic E-state index is -1.55. The molecule has 2 rings (SSSR count). The maximum Gasteiger partial charge on any atom is 0.337 e. The first kappa shape index (κ1) is 14.1. The monoisotopic (exact) mass is 276 g/mol. The van der Waals surface area contributed by atoms with Crippen molar-refractivity contribution < 1.29 is 15.0 Å². The quantitative estimate of drug-likeness (QED) is 0.882. The van der Waals surface area contributed by atoms with Crippen LogP contribution in [0.4, 0.5) is 0 Å². The number of rotatable bonds is 4. The molecular formula is C14H16N2O4. The molecule has 1 unspecified atom stereocenters. The molecule has 0 spiro atoms. The Morgan fingerprint density at radius 2 is 1.75 bits per heavy atom. The van der Waals surface area contributed by atoms with E-state index in [1.165, 1.54) is 16.7 Å². The Kier molecular flexibility index (Phi) is 3.76. The summed E-state index contributed by atoms with van der Waals surface area (Å²) in [5.74, 6) is -1.30. The van der Waals surface area contributed by atoms with Crippen molar-refractivity contribution in [3.05, 3.63) is 52.7 Å². The fourth-order valence-corrected chi connectivity index (χ4v) is 1.94. The topological polar surface area (TPSA) is 84.5 Å². The summed E-state index contributed by atoms with van der Waals surface area (Å²) in [7, 11) is 0. The molecule has 106 valence electrons. The van der Waals surface area contributed by atoms with Gasteiger partial charge in [-0.1, -0.05) is 12.1 Å². The van der Waals surface area contributed by atoms with Gasteiger partial charge < -0.3 is 10.2 Å². The van der Waals surface area contributed by atoms with E-state index in [2.05, 4.69) is 0 Å². The molecule has 0 aliphatic rings. The van der Waals surface area contributed by atoms with E-state index in [-0.39, 0.29) is 17.3 Å². The Labute approximate surface area is 115 Å². The van der Waals surface area contributed by atoms with Crippen molar-refractivity contribution in [3.63, 3.8) is 0 Å². The van der Waals surface area contributed by atoms with Crippen molar-refractivity contribution in [3.8, 4) is 5.69 Å². The first-order valence-electron chi connectivity index (χ1n) is 6.22. The van der Waals surface area contributed by atoms with E-state index < -0.39 is 12.1 Å². The van der Waals surface area contributed by atoms with Crippen LogP contribution in [-0.4, -0.2) is 25.3 Å². The molecule has 1 aromatic carbocycles. The molecule has 1 heterocycles. The van der Waals surface area contributed by atoms with Crippen molar-refractivity contribution >= 4 is 5.97 Å². The number of hydrogen-bond donors (Lipinski definition) is 2. The molecule has 0 saturated heterocycles. The molecule has 1 atom stereocenters. The Bertz CT molecular complexity index is 667. The second kappa shape index (κ2) is 5.34. The van der Waals surface area contributed by atoms with Gasteiger partial charge in [0.1, 0.15) is 0 Å². The van der Waals surface area contributed by atoms with Crippen molar-refractivity contribution in [2.45, 2.75) is 26.0 Å². The second-order valence-electron chi connectivity index (χ2n) is 4.78. The van der Waals surface area contributed by atoms with Crippen LogP contribution in [0.1, 0.15) is 31.6 Å². The number of aliphatic hydroxyl groups is 1. The molecule has 2 aromatic rings. The zero-order valence-corrected chi connectivity index (χ0v) is 11.2. The maximum atomic E-state index is 12.1. The van der Waals surface area contributed by atoms with Gasteiger partial charge in [0, 0.05) is 18.4 Å². The summed E-state index contributed by atoms with van der Waals surface area (Å²) in [6.45, 7) is 3.83. The summed E-state index contributed by atoms with van der Waals surface area (Å²) in [6.07, 6.45) is 1.80. The van der Waals surface area contributed by atoms with Crippen LogP contribution in [0.15, 0.2) is 41.5 Å². The third kappa shape index (κ3) is 2.50. The zero-order chi connectivity index (χ0) is 14.9. The van der Waals surface area contributed by atoms with Crippen LogP contribution in [-0.2, 0) is 4.79 Å². The maximum absolute atomic E-state index is 12.1. The SMILES string of the molecule is CC(C)n1ccn(-c2ccc(C(O)C(=O)O)cc2)c1=O. The zero-order valence-electron chi connectivity index (χ0n) is 11.2.